The molecule has 0 radical (unpaired) electrons. The number of hydrogen-bond donors (Lipinski definition) is 3. The van der Waals surface area contributed by atoms with Crippen LogP contribution < -0.4 is 14.9 Å². The van der Waals surface area contributed by atoms with Gasteiger partial charge in [-0.05, 0) is 25.1 Å². The number of ether oxygens (including phenoxy) is 6. The Hall–Kier alpha value is -5.31. The molecule has 44 heavy (non-hydrogen) atoms. The quantitative estimate of drug-likeness (QED) is 0.150. The van der Waals surface area contributed by atoms with Crippen LogP contribution in [0.2, 0.25) is 0 Å². The Bertz CT molecular complexity index is 1690. The molecule has 1 saturated heterocycles. The molecule has 0 bridgehead atoms. The maximum Gasteiger partial charge on any atom is 0.308 e. The molecule has 1 fully saturated rings. The van der Waals surface area contributed by atoms with Crippen molar-refractivity contribution in [3.63, 3.8) is 0 Å². The van der Waals surface area contributed by atoms with Crippen LogP contribution in [0.15, 0.2) is 39.5 Å². The number of aromatic hydroxyl groups is 3. The second-order valence-corrected chi connectivity index (χ2v) is 9.75. The molecule has 1 aromatic heterocycles. The summed E-state index contributed by atoms with van der Waals surface area (Å²) in [5.74, 6) is -6.15. The number of benzene rings is 2. The maximum absolute atomic E-state index is 14.1. The van der Waals surface area contributed by atoms with Crippen LogP contribution in [0.25, 0.3) is 22.3 Å². The van der Waals surface area contributed by atoms with Crippen molar-refractivity contribution in [1.82, 2.24) is 0 Å². The molecule has 0 aliphatic carbocycles. The molecule has 234 valence electrons. The van der Waals surface area contributed by atoms with Crippen LogP contribution in [0, 0.1) is 0 Å². The SMILES string of the molecule is CC(=O)Oc1cc(O)cc2oc(-c3ccc(O)c(O)c3)c(OC3OC(C)C(OC(C)=O)C(OC(C)=O)C3OC(C)=O)c(=O)c12. The molecule has 0 saturated carbocycles. The van der Waals surface area contributed by atoms with E-state index in [1.54, 1.807) is 0 Å². The predicted molar refractivity (Wildman–Crippen MR) is 146 cm³/mol. The first-order chi connectivity index (χ1) is 20.7. The summed E-state index contributed by atoms with van der Waals surface area (Å²) in [6.45, 7) is 5.75. The molecule has 0 spiro atoms. The van der Waals surface area contributed by atoms with Crippen LogP contribution >= 0.6 is 0 Å². The normalized spacial score (nSPS) is 21.2. The Kier molecular flexibility index (Phi) is 8.99. The molecule has 4 rings (SSSR count). The maximum atomic E-state index is 14.1. The summed E-state index contributed by atoms with van der Waals surface area (Å²) in [5, 5.41) is 29.9. The molecule has 1 aliphatic heterocycles. The van der Waals surface area contributed by atoms with Gasteiger partial charge in [0.15, 0.2) is 29.5 Å². The van der Waals surface area contributed by atoms with Gasteiger partial charge in [0.1, 0.15) is 22.5 Å². The molecule has 5 unspecified atom stereocenters. The molecular weight excluding hydrogens is 588 g/mol. The number of rotatable bonds is 7. The van der Waals surface area contributed by atoms with E-state index in [2.05, 4.69) is 0 Å². The summed E-state index contributed by atoms with van der Waals surface area (Å²) in [7, 11) is 0. The topological polar surface area (TPSA) is 215 Å². The van der Waals surface area contributed by atoms with Gasteiger partial charge in [0.2, 0.25) is 23.6 Å². The predicted octanol–water partition coefficient (Wildman–Crippen LogP) is 2.42. The van der Waals surface area contributed by atoms with Crippen LogP contribution in [0.3, 0.4) is 0 Å². The minimum atomic E-state index is -1.70. The van der Waals surface area contributed by atoms with Gasteiger partial charge in [-0.2, -0.15) is 0 Å². The number of phenols is 3. The van der Waals surface area contributed by atoms with E-state index in [9.17, 15) is 39.3 Å². The van der Waals surface area contributed by atoms with E-state index < -0.39 is 83.0 Å². The van der Waals surface area contributed by atoms with Gasteiger partial charge in [-0.15, -0.1) is 0 Å². The third-order valence-electron chi connectivity index (χ3n) is 6.26. The fraction of sp³-hybridized carbons (Fsp3) is 0.345. The van der Waals surface area contributed by atoms with Gasteiger partial charge in [-0.3, -0.25) is 24.0 Å². The molecule has 3 aromatic rings. The highest BCUT2D eigenvalue weighted by Crippen LogP contribution is 2.40. The standard InChI is InChI=1S/C29H28O15/c1-11-24(40-13(3)31)27(41-14(4)32)28(42-15(5)33)29(38-11)44-26-23(37)22-20(39-12(2)30)9-17(34)10-21(22)43-25(26)16-6-7-18(35)19(36)8-16/h6-11,24,27-29,34-36H,1-5H3. The number of carbonyl (C=O) groups excluding carboxylic acids is 4. The molecule has 2 heterocycles. The van der Waals surface area contributed by atoms with Gasteiger partial charge in [-0.25, -0.2) is 0 Å². The van der Waals surface area contributed by atoms with Crippen molar-refractivity contribution < 1.29 is 67.3 Å². The first-order valence-electron chi connectivity index (χ1n) is 13.0. The van der Waals surface area contributed by atoms with E-state index in [4.69, 9.17) is 32.8 Å². The van der Waals surface area contributed by atoms with Crippen LogP contribution in [-0.4, -0.2) is 69.9 Å². The minimum Gasteiger partial charge on any atom is -0.508 e. The number of fused-ring (bicyclic) bond motifs is 1. The van der Waals surface area contributed by atoms with Crippen molar-refractivity contribution in [3.8, 4) is 40.1 Å². The number of phenolic OH excluding ortho intramolecular Hbond substituents is 3. The zero-order chi connectivity index (χ0) is 32.5. The van der Waals surface area contributed by atoms with Gasteiger partial charge in [0, 0.05) is 45.4 Å². The highest BCUT2D eigenvalue weighted by molar-refractivity contribution is 5.90. The Morgan fingerprint density at radius 3 is 1.98 bits per heavy atom. The van der Waals surface area contributed by atoms with Crippen LogP contribution in [0.4, 0.5) is 0 Å². The van der Waals surface area contributed by atoms with E-state index in [0.717, 1.165) is 52.0 Å². The molecule has 1 aliphatic rings. The molecule has 3 N–H and O–H groups in total. The first kappa shape index (κ1) is 31.6. The molecule has 15 nitrogen and oxygen atoms in total. The summed E-state index contributed by atoms with van der Waals surface area (Å²) in [6, 6.07) is 5.49. The molecule has 5 atom stereocenters. The van der Waals surface area contributed by atoms with Gasteiger partial charge in [-0.1, -0.05) is 0 Å². The smallest absolute Gasteiger partial charge is 0.308 e. The van der Waals surface area contributed by atoms with Gasteiger partial charge >= 0.3 is 23.9 Å². The lowest BCUT2D eigenvalue weighted by Gasteiger charge is -2.43. The lowest BCUT2D eigenvalue weighted by atomic mass is 9.98. The fourth-order valence-electron chi connectivity index (χ4n) is 4.63. The van der Waals surface area contributed by atoms with E-state index >= 15 is 0 Å². The summed E-state index contributed by atoms with van der Waals surface area (Å²) in [5.41, 5.74) is -1.23. The zero-order valence-electron chi connectivity index (χ0n) is 24.0. The van der Waals surface area contributed by atoms with Gasteiger partial charge in [0.05, 0.1) is 6.10 Å². The lowest BCUT2D eigenvalue weighted by Crippen LogP contribution is -2.62. The molecule has 2 aromatic carbocycles. The zero-order valence-corrected chi connectivity index (χ0v) is 24.0. The minimum absolute atomic E-state index is 0.00565. The molecule has 15 heteroatoms. The summed E-state index contributed by atoms with van der Waals surface area (Å²) >= 11 is 0. The number of esters is 4. The Labute approximate surface area is 248 Å². The highest BCUT2D eigenvalue weighted by atomic mass is 16.7. The van der Waals surface area contributed by atoms with Crippen LogP contribution in [0.5, 0.6) is 28.7 Å². The number of hydrogen-bond acceptors (Lipinski definition) is 15. The second kappa shape index (κ2) is 12.5. The number of carbonyl (C=O) groups is 4. The first-order valence-corrected chi connectivity index (χ1v) is 13.0. The third-order valence-corrected chi connectivity index (χ3v) is 6.26. The van der Waals surface area contributed by atoms with Crippen molar-refractivity contribution in [2.75, 3.05) is 0 Å². The Morgan fingerprint density at radius 1 is 0.773 bits per heavy atom. The van der Waals surface area contributed by atoms with Gasteiger partial charge in [0.25, 0.3) is 0 Å². The monoisotopic (exact) mass is 616 g/mol. The van der Waals surface area contributed by atoms with E-state index in [1.165, 1.54) is 13.0 Å². The summed E-state index contributed by atoms with van der Waals surface area (Å²) in [4.78, 5) is 61.9. The van der Waals surface area contributed by atoms with Crippen molar-refractivity contribution in [2.45, 2.75) is 65.3 Å². The Morgan fingerprint density at radius 2 is 1.39 bits per heavy atom. The molecular formula is C29H28O15. The van der Waals surface area contributed by atoms with E-state index in [1.807, 2.05) is 0 Å². The lowest BCUT2D eigenvalue weighted by molar-refractivity contribution is -0.280. The average Bonchev–Trinajstić information content (AvgIpc) is 2.90. The van der Waals surface area contributed by atoms with Gasteiger partial charge < -0.3 is 48.2 Å². The van der Waals surface area contributed by atoms with Crippen LogP contribution in [-0.2, 0) is 38.1 Å². The van der Waals surface area contributed by atoms with Crippen molar-refractivity contribution >= 4 is 34.8 Å². The third kappa shape index (κ3) is 6.67. The largest absolute Gasteiger partial charge is 0.508 e. The Balaban J connectivity index is 1.96. The summed E-state index contributed by atoms with van der Waals surface area (Å²) in [6.07, 6.45) is -7.09. The highest BCUT2D eigenvalue weighted by Gasteiger charge is 2.52. The molecule has 0 amide bonds. The fourth-order valence-corrected chi connectivity index (χ4v) is 4.63. The van der Waals surface area contributed by atoms with E-state index in [0.29, 0.717) is 0 Å². The summed E-state index contributed by atoms with van der Waals surface area (Å²) < 4.78 is 39.0. The van der Waals surface area contributed by atoms with Crippen molar-refractivity contribution in [2.24, 2.45) is 0 Å². The van der Waals surface area contributed by atoms with Crippen molar-refractivity contribution in [1.29, 1.82) is 0 Å². The van der Waals surface area contributed by atoms with E-state index in [-0.39, 0.29) is 28.0 Å². The average molecular weight is 617 g/mol. The second-order valence-electron chi connectivity index (χ2n) is 9.75. The van der Waals surface area contributed by atoms with Crippen molar-refractivity contribution in [3.05, 3.63) is 40.6 Å². The van der Waals surface area contributed by atoms with Crippen LogP contribution in [0.1, 0.15) is 34.6 Å².